The molecule has 0 heterocycles. The van der Waals surface area contributed by atoms with Crippen molar-refractivity contribution in [3.05, 3.63) is 18.2 Å². The van der Waals surface area contributed by atoms with Crippen molar-refractivity contribution in [2.45, 2.75) is 12.8 Å². The van der Waals surface area contributed by atoms with Gasteiger partial charge in [0, 0.05) is 18.3 Å². The molecule has 3 nitrogen and oxygen atoms in total. The molecule has 0 aliphatic heterocycles. The van der Waals surface area contributed by atoms with Crippen molar-refractivity contribution in [1.82, 2.24) is 0 Å². The second-order valence-electron chi connectivity index (χ2n) is 3.58. The highest BCUT2D eigenvalue weighted by atomic mass is 32.2. The van der Waals surface area contributed by atoms with Gasteiger partial charge in [-0.25, -0.2) is 0 Å². The van der Waals surface area contributed by atoms with E-state index in [1.807, 2.05) is 30.0 Å². The maximum absolute atomic E-state index is 5.74. The number of nitrogens with one attached hydrogen (secondary N) is 1. The smallest absolute Gasteiger partial charge is 0.143 e. The predicted octanol–water partition coefficient (Wildman–Crippen LogP) is 2.83. The lowest BCUT2D eigenvalue weighted by Gasteiger charge is -2.09. The van der Waals surface area contributed by atoms with E-state index in [-0.39, 0.29) is 0 Å². The summed E-state index contributed by atoms with van der Waals surface area (Å²) in [6.45, 7) is 0.994. The van der Waals surface area contributed by atoms with E-state index in [1.165, 1.54) is 18.6 Å². The molecule has 1 aromatic carbocycles. The molecule has 3 N–H and O–H groups in total. The molecule has 0 bridgehead atoms. The molecule has 0 saturated carbocycles. The first-order chi connectivity index (χ1) is 7.77. The maximum atomic E-state index is 5.74. The number of methoxy groups -OCH3 is 1. The summed E-state index contributed by atoms with van der Waals surface area (Å²) < 4.78 is 5.16. The Labute approximate surface area is 102 Å². The van der Waals surface area contributed by atoms with Crippen molar-refractivity contribution in [2.75, 3.05) is 36.7 Å². The number of nitrogens with two attached hydrogens (primary N) is 1. The number of benzene rings is 1. The van der Waals surface area contributed by atoms with Gasteiger partial charge in [0.2, 0.25) is 0 Å². The molecule has 90 valence electrons. The van der Waals surface area contributed by atoms with Gasteiger partial charge >= 0.3 is 0 Å². The van der Waals surface area contributed by atoms with E-state index in [2.05, 4.69) is 11.6 Å². The molecule has 0 aliphatic carbocycles. The fourth-order valence-electron chi connectivity index (χ4n) is 1.43. The second-order valence-corrected chi connectivity index (χ2v) is 4.57. The molecule has 0 fully saturated rings. The molecular formula is C12H20N2OS. The van der Waals surface area contributed by atoms with Crippen molar-refractivity contribution in [1.29, 1.82) is 0 Å². The third kappa shape index (κ3) is 4.23. The second kappa shape index (κ2) is 7.28. The van der Waals surface area contributed by atoms with Crippen LogP contribution in [0, 0.1) is 0 Å². The first kappa shape index (κ1) is 13.0. The maximum Gasteiger partial charge on any atom is 0.143 e. The Balaban J connectivity index is 2.36. The van der Waals surface area contributed by atoms with E-state index < -0.39 is 0 Å². The first-order valence-corrected chi connectivity index (χ1v) is 6.83. The van der Waals surface area contributed by atoms with Gasteiger partial charge in [0.1, 0.15) is 5.75 Å². The average Bonchev–Trinajstić information content (AvgIpc) is 2.31. The zero-order chi connectivity index (χ0) is 11.8. The number of nitrogen functional groups attached to an aromatic ring is 1. The molecule has 0 atom stereocenters. The van der Waals surface area contributed by atoms with Crippen LogP contribution in [-0.4, -0.2) is 25.7 Å². The van der Waals surface area contributed by atoms with Crippen molar-refractivity contribution in [3.8, 4) is 5.75 Å². The minimum atomic E-state index is 0.676. The Kier molecular flexibility index (Phi) is 5.93. The number of hydrogen-bond acceptors (Lipinski definition) is 4. The van der Waals surface area contributed by atoms with Gasteiger partial charge in [0.25, 0.3) is 0 Å². The highest BCUT2D eigenvalue weighted by Crippen LogP contribution is 2.24. The summed E-state index contributed by atoms with van der Waals surface area (Å²) in [5.74, 6) is 1.96. The number of ether oxygens (including phenoxy) is 1. The molecule has 0 saturated heterocycles. The van der Waals surface area contributed by atoms with E-state index in [4.69, 9.17) is 10.5 Å². The summed E-state index contributed by atoms with van der Waals surface area (Å²) in [5.41, 5.74) is 7.48. The quantitative estimate of drug-likeness (QED) is 0.568. The van der Waals surface area contributed by atoms with Crippen molar-refractivity contribution < 1.29 is 4.74 Å². The van der Waals surface area contributed by atoms with Crippen LogP contribution in [0.3, 0.4) is 0 Å². The number of unbranched alkanes of at least 4 members (excludes halogenated alkanes) is 1. The van der Waals surface area contributed by atoms with Gasteiger partial charge in [-0.15, -0.1) is 0 Å². The van der Waals surface area contributed by atoms with Crippen LogP contribution in [0.15, 0.2) is 18.2 Å². The SMILES string of the molecule is COc1cc(NCCCCSC)ccc1N. The molecule has 0 unspecified atom stereocenters. The summed E-state index contributed by atoms with van der Waals surface area (Å²) in [4.78, 5) is 0. The summed E-state index contributed by atoms with van der Waals surface area (Å²) in [6, 6.07) is 5.78. The number of rotatable bonds is 7. The fourth-order valence-corrected chi connectivity index (χ4v) is 1.92. The Morgan fingerprint density at radius 3 is 2.88 bits per heavy atom. The third-order valence-electron chi connectivity index (χ3n) is 2.34. The summed E-state index contributed by atoms with van der Waals surface area (Å²) >= 11 is 1.89. The largest absolute Gasteiger partial charge is 0.495 e. The number of hydrogen-bond donors (Lipinski definition) is 2. The van der Waals surface area contributed by atoms with Crippen LogP contribution >= 0.6 is 11.8 Å². The zero-order valence-corrected chi connectivity index (χ0v) is 10.8. The topological polar surface area (TPSA) is 47.3 Å². The van der Waals surface area contributed by atoms with Gasteiger partial charge in [-0.3, -0.25) is 0 Å². The lowest BCUT2D eigenvalue weighted by molar-refractivity contribution is 0.417. The van der Waals surface area contributed by atoms with Crippen LogP contribution in [0.2, 0.25) is 0 Å². The molecule has 0 radical (unpaired) electrons. The highest BCUT2D eigenvalue weighted by Gasteiger charge is 1.99. The minimum absolute atomic E-state index is 0.676. The molecule has 16 heavy (non-hydrogen) atoms. The summed E-state index contributed by atoms with van der Waals surface area (Å²) in [7, 11) is 1.63. The lowest BCUT2D eigenvalue weighted by Crippen LogP contribution is -2.02. The molecule has 1 rings (SSSR count). The van der Waals surface area contributed by atoms with Crippen LogP contribution in [-0.2, 0) is 0 Å². The summed E-state index contributed by atoms with van der Waals surface area (Å²) in [6.07, 6.45) is 4.58. The average molecular weight is 240 g/mol. The lowest BCUT2D eigenvalue weighted by atomic mass is 10.2. The molecule has 4 heteroatoms. The Hall–Kier alpha value is -1.03. The van der Waals surface area contributed by atoms with E-state index in [9.17, 15) is 0 Å². The van der Waals surface area contributed by atoms with Gasteiger partial charge in [-0.1, -0.05) is 0 Å². The standard InChI is InChI=1S/C12H20N2OS/c1-15-12-9-10(5-6-11(12)13)14-7-3-4-8-16-2/h5-6,9,14H,3-4,7-8,13H2,1-2H3. The van der Waals surface area contributed by atoms with Crippen molar-refractivity contribution in [3.63, 3.8) is 0 Å². The summed E-state index contributed by atoms with van der Waals surface area (Å²) in [5, 5.41) is 3.36. The van der Waals surface area contributed by atoms with Crippen LogP contribution in [0.1, 0.15) is 12.8 Å². The Morgan fingerprint density at radius 1 is 1.38 bits per heavy atom. The molecule has 1 aromatic rings. The van der Waals surface area contributed by atoms with Gasteiger partial charge in [0.05, 0.1) is 12.8 Å². The van der Waals surface area contributed by atoms with Crippen molar-refractivity contribution >= 4 is 23.1 Å². The number of thioether (sulfide) groups is 1. The number of anilines is 2. The zero-order valence-electron chi connectivity index (χ0n) is 9.95. The van der Waals surface area contributed by atoms with Crippen LogP contribution in [0.5, 0.6) is 5.75 Å². The van der Waals surface area contributed by atoms with Crippen LogP contribution < -0.4 is 15.8 Å². The van der Waals surface area contributed by atoms with Crippen LogP contribution in [0.4, 0.5) is 11.4 Å². The molecule has 0 aromatic heterocycles. The van der Waals surface area contributed by atoms with Gasteiger partial charge in [-0.05, 0) is 37.0 Å². The van der Waals surface area contributed by atoms with E-state index in [1.54, 1.807) is 7.11 Å². The van der Waals surface area contributed by atoms with E-state index >= 15 is 0 Å². The Bertz CT molecular complexity index is 318. The van der Waals surface area contributed by atoms with Gasteiger partial charge in [-0.2, -0.15) is 11.8 Å². The van der Waals surface area contributed by atoms with Gasteiger partial charge in [0.15, 0.2) is 0 Å². The molecular weight excluding hydrogens is 220 g/mol. The molecule has 0 spiro atoms. The monoisotopic (exact) mass is 240 g/mol. The van der Waals surface area contributed by atoms with Crippen LogP contribution in [0.25, 0.3) is 0 Å². The highest BCUT2D eigenvalue weighted by molar-refractivity contribution is 7.98. The minimum Gasteiger partial charge on any atom is -0.495 e. The predicted molar refractivity (Wildman–Crippen MR) is 73.5 cm³/mol. The normalized spacial score (nSPS) is 10.1. The first-order valence-electron chi connectivity index (χ1n) is 5.44. The van der Waals surface area contributed by atoms with Crippen molar-refractivity contribution in [2.24, 2.45) is 0 Å². The van der Waals surface area contributed by atoms with E-state index in [0.717, 1.165) is 18.0 Å². The molecule has 0 aliphatic rings. The fraction of sp³-hybridized carbons (Fsp3) is 0.500. The molecule has 0 amide bonds. The van der Waals surface area contributed by atoms with Gasteiger partial charge < -0.3 is 15.8 Å². The Morgan fingerprint density at radius 2 is 2.19 bits per heavy atom. The third-order valence-corrected chi connectivity index (χ3v) is 3.03. The van der Waals surface area contributed by atoms with E-state index in [0.29, 0.717) is 5.69 Å².